The molecule has 0 spiro atoms. The highest BCUT2D eigenvalue weighted by molar-refractivity contribution is 6.11. The van der Waals surface area contributed by atoms with Gasteiger partial charge in [0.2, 0.25) is 5.78 Å². The molecule has 5 nitrogen and oxygen atoms in total. The van der Waals surface area contributed by atoms with E-state index in [1.165, 1.54) is 7.11 Å². The predicted octanol–water partition coefficient (Wildman–Crippen LogP) is 6.45. The summed E-state index contributed by atoms with van der Waals surface area (Å²) < 4.78 is 5.36. The second kappa shape index (κ2) is 7.48. The average molecular weight is 499 g/mol. The Hall–Kier alpha value is -1.62. The number of hydrogen-bond acceptors (Lipinski definition) is 5. The summed E-state index contributed by atoms with van der Waals surface area (Å²) in [6.45, 7) is 15.5. The maximum Gasteiger partial charge on any atom is 0.315 e. The number of aliphatic hydroxyl groups is 2. The SMILES string of the molecule is COC(=O)[C@]12CCC(C)(C)CC1=C1C(=O)C(O)=C3[C@@]4(C)CC[C@H](O)C(C)(C)[C@@H]4CC[C@@]3(C)[C@]1(C)CC2. The van der Waals surface area contributed by atoms with Crippen LogP contribution in [-0.4, -0.2) is 35.2 Å². The fourth-order valence-electron chi connectivity index (χ4n) is 9.96. The molecule has 0 saturated heterocycles. The Labute approximate surface area is 216 Å². The summed E-state index contributed by atoms with van der Waals surface area (Å²) in [5.41, 5.74) is 0.287. The number of ketones is 1. The highest BCUT2D eigenvalue weighted by atomic mass is 16.5. The van der Waals surface area contributed by atoms with Crippen molar-refractivity contribution in [2.75, 3.05) is 7.11 Å². The lowest BCUT2D eigenvalue weighted by atomic mass is 9.36. The van der Waals surface area contributed by atoms with Crippen molar-refractivity contribution in [2.24, 2.45) is 38.4 Å². The van der Waals surface area contributed by atoms with Gasteiger partial charge in [-0.25, -0.2) is 0 Å². The number of esters is 1. The molecular formula is C31H46O5. The number of rotatable bonds is 1. The van der Waals surface area contributed by atoms with E-state index in [0.717, 1.165) is 43.3 Å². The molecular weight excluding hydrogens is 452 g/mol. The Morgan fingerprint density at radius 1 is 0.889 bits per heavy atom. The van der Waals surface area contributed by atoms with Gasteiger partial charge in [0.15, 0.2) is 5.76 Å². The zero-order chi connectivity index (χ0) is 26.7. The van der Waals surface area contributed by atoms with Crippen LogP contribution in [0.2, 0.25) is 0 Å². The zero-order valence-corrected chi connectivity index (χ0v) is 23.6. The first-order valence-corrected chi connectivity index (χ1v) is 14.0. The van der Waals surface area contributed by atoms with Gasteiger partial charge in [0, 0.05) is 16.4 Å². The highest BCUT2D eigenvalue weighted by Gasteiger charge is 2.69. The van der Waals surface area contributed by atoms with Gasteiger partial charge in [0.1, 0.15) is 0 Å². The zero-order valence-electron chi connectivity index (χ0n) is 23.6. The van der Waals surface area contributed by atoms with Crippen molar-refractivity contribution >= 4 is 11.8 Å². The number of Topliss-reactive ketones (excluding diaryl/α,β-unsaturated/α-hetero) is 1. The maximum atomic E-state index is 14.4. The van der Waals surface area contributed by atoms with E-state index in [1.54, 1.807) is 0 Å². The summed E-state index contributed by atoms with van der Waals surface area (Å²) in [5, 5.41) is 22.7. The van der Waals surface area contributed by atoms with Crippen molar-refractivity contribution in [1.82, 2.24) is 0 Å². The Morgan fingerprint density at radius 3 is 2.17 bits per heavy atom. The largest absolute Gasteiger partial charge is 0.504 e. The summed E-state index contributed by atoms with van der Waals surface area (Å²) in [6, 6.07) is 0. The molecule has 3 saturated carbocycles. The van der Waals surface area contributed by atoms with Gasteiger partial charge < -0.3 is 14.9 Å². The van der Waals surface area contributed by atoms with E-state index in [4.69, 9.17) is 4.74 Å². The number of ether oxygens (including phenoxy) is 1. The standard InChI is InChI=1S/C31H46O5/c1-26(2)13-15-31(25(35)36-8)16-14-29(6)21(18(31)17-26)22(33)23(34)24-28(5)11-10-20(32)27(3,4)19(28)9-12-30(24,29)7/h19-20,32,34H,9-17H2,1-8H3/t19-,20-,28-,29+,30+,31-/m0/s1. The summed E-state index contributed by atoms with van der Waals surface area (Å²) >= 11 is 0. The fraction of sp³-hybridized carbons (Fsp3) is 0.806. The Morgan fingerprint density at radius 2 is 1.53 bits per heavy atom. The lowest BCUT2D eigenvalue weighted by Gasteiger charge is -2.67. The van der Waals surface area contributed by atoms with E-state index < -0.39 is 10.8 Å². The molecule has 0 aromatic rings. The second-order valence-corrected chi connectivity index (χ2v) is 14.9. The van der Waals surface area contributed by atoms with Crippen molar-refractivity contribution in [3.05, 3.63) is 22.5 Å². The number of aliphatic hydroxyl groups excluding tert-OH is 2. The van der Waals surface area contributed by atoms with Crippen molar-refractivity contribution in [2.45, 2.75) is 112 Å². The molecule has 0 aliphatic heterocycles. The van der Waals surface area contributed by atoms with E-state index >= 15 is 0 Å². The van der Waals surface area contributed by atoms with Crippen LogP contribution >= 0.6 is 0 Å². The van der Waals surface area contributed by atoms with Crippen molar-refractivity contribution < 1.29 is 24.5 Å². The third-order valence-electron chi connectivity index (χ3n) is 12.4. The van der Waals surface area contributed by atoms with Gasteiger partial charge in [-0.05, 0) is 91.1 Å². The van der Waals surface area contributed by atoms with Crippen molar-refractivity contribution in [3.63, 3.8) is 0 Å². The Balaban J connectivity index is 1.78. The molecule has 36 heavy (non-hydrogen) atoms. The molecule has 6 atom stereocenters. The number of methoxy groups -OCH3 is 1. The van der Waals surface area contributed by atoms with Crippen molar-refractivity contribution in [1.29, 1.82) is 0 Å². The van der Waals surface area contributed by atoms with Crippen LogP contribution in [0.5, 0.6) is 0 Å². The summed E-state index contributed by atoms with van der Waals surface area (Å²) in [6.07, 6.45) is 6.56. The second-order valence-electron chi connectivity index (χ2n) is 14.9. The van der Waals surface area contributed by atoms with Crippen LogP contribution in [0.4, 0.5) is 0 Å². The van der Waals surface area contributed by atoms with E-state index in [2.05, 4.69) is 48.5 Å². The van der Waals surface area contributed by atoms with Crippen LogP contribution in [0.15, 0.2) is 22.5 Å². The topological polar surface area (TPSA) is 83.8 Å². The first-order valence-electron chi connectivity index (χ1n) is 14.0. The monoisotopic (exact) mass is 498 g/mol. The van der Waals surface area contributed by atoms with Crippen LogP contribution in [0.3, 0.4) is 0 Å². The minimum atomic E-state index is -0.763. The molecule has 5 heteroatoms. The van der Waals surface area contributed by atoms with Crippen LogP contribution in [0, 0.1) is 38.4 Å². The number of hydrogen-bond donors (Lipinski definition) is 2. The predicted molar refractivity (Wildman–Crippen MR) is 139 cm³/mol. The fourth-order valence-corrected chi connectivity index (χ4v) is 9.96. The lowest BCUT2D eigenvalue weighted by molar-refractivity contribution is -0.156. The molecule has 2 N–H and O–H groups in total. The molecule has 0 radical (unpaired) electrons. The summed E-state index contributed by atoms with van der Waals surface area (Å²) in [5.74, 6) is -0.387. The number of fused-ring (bicyclic) bond motifs is 6. The number of carbonyl (C=O) groups excluding carboxylic acids is 2. The van der Waals surface area contributed by atoms with Gasteiger partial charge in [-0.2, -0.15) is 0 Å². The van der Waals surface area contributed by atoms with E-state index in [9.17, 15) is 19.8 Å². The van der Waals surface area contributed by atoms with Gasteiger partial charge in [-0.1, -0.05) is 48.5 Å². The molecule has 0 heterocycles. The first-order chi connectivity index (χ1) is 16.5. The number of carbonyl (C=O) groups is 2. The molecule has 0 bridgehead atoms. The van der Waals surface area contributed by atoms with Gasteiger partial charge in [0.25, 0.3) is 0 Å². The third-order valence-corrected chi connectivity index (χ3v) is 12.4. The van der Waals surface area contributed by atoms with Crippen LogP contribution in [0.25, 0.3) is 0 Å². The van der Waals surface area contributed by atoms with Crippen LogP contribution in [0.1, 0.15) is 106 Å². The number of allylic oxidation sites excluding steroid dienone is 2. The molecule has 5 rings (SSSR count). The normalized spacial score (nSPS) is 45.3. The Bertz CT molecular complexity index is 1090. The first kappa shape index (κ1) is 26.0. The molecule has 0 aromatic carbocycles. The lowest BCUT2D eigenvalue weighted by Crippen LogP contribution is -2.62. The quantitative estimate of drug-likeness (QED) is 0.406. The summed E-state index contributed by atoms with van der Waals surface area (Å²) in [7, 11) is 1.45. The highest BCUT2D eigenvalue weighted by Crippen LogP contribution is 2.74. The molecule has 0 aromatic heterocycles. The maximum absolute atomic E-state index is 14.4. The van der Waals surface area contributed by atoms with E-state index in [0.29, 0.717) is 31.3 Å². The molecule has 5 aliphatic carbocycles. The van der Waals surface area contributed by atoms with Gasteiger partial charge in [0.05, 0.1) is 18.6 Å². The molecule has 5 aliphatic rings. The molecule has 0 amide bonds. The minimum Gasteiger partial charge on any atom is -0.504 e. The summed E-state index contributed by atoms with van der Waals surface area (Å²) in [4.78, 5) is 27.7. The van der Waals surface area contributed by atoms with E-state index in [1.807, 2.05) is 0 Å². The van der Waals surface area contributed by atoms with Crippen molar-refractivity contribution in [3.8, 4) is 0 Å². The van der Waals surface area contributed by atoms with Gasteiger partial charge >= 0.3 is 5.97 Å². The molecule has 3 fully saturated rings. The molecule has 200 valence electrons. The van der Waals surface area contributed by atoms with E-state index in [-0.39, 0.29) is 51.2 Å². The van der Waals surface area contributed by atoms with Gasteiger partial charge in [-0.3, -0.25) is 9.59 Å². The van der Waals surface area contributed by atoms with Crippen LogP contribution in [-0.2, 0) is 14.3 Å². The Kier molecular flexibility index (Phi) is 5.41. The average Bonchev–Trinajstić information content (AvgIpc) is 2.79. The third kappa shape index (κ3) is 2.93. The molecule has 0 unspecified atom stereocenters. The van der Waals surface area contributed by atoms with Crippen LogP contribution < -0.4 is 0 Å². The minimum absolute atomic E-state index is 0.0218. The smallest absolute Gasteiger partial charge is 0.315 e. The van der Waals surface area contributed by atoms with Gasteiger partial charge in [-0.15, -0.1) is 0 Å².